The first-order valence-corrected chi connectivity index (χ1v) is 11.9. The van der Waals surface area contributed by atoms with E-state index in [0.717, 1.165) is 17.0 Å². The van der Waals surface area contributed by atoms with E-state index < -0.39 is 9.84 Å². The highest BCUT2D eigenvalue weighted by Crippen LogP contribution is 2.15. The van der Waals surface area contributed by atoms with E-state index in [4.69, 9.17) is 0 Å². The van der Waals surface area contributed by atoms with Crippen LogP contribution in [0.5, 0.6) is 0 Å². The number of sulfone groups is 1. The molecule has 1 heterocycles. The quantitative estimate of drug-likeness (QED) is 0.635. The number of hydrogen-bond donors (Lipinski definition) is 1. The number of carbonyl (C=O) groups excluding carboxylic acids is 1. The van der Waals surface area contributed by atoms with Crippen molar-refractivity contribution in [2.75, 3.05) is 25.1 Å². The molecule has 7 nitrogen and oxygen atoms in total. The van der Waals surface area contributed by atoms with Crippen LogP contribution in [-0.4, -0.2) is 60.1 Å². The molecular weight excluding hydrogens is 388 g/mol. The molecule has 0 saturated heterocycles. The summed E-state index contributed by atoms with van der Waals surface area (Å²) in [6.07, 6.45) is 1.22. The smallest absolute Gasteiger partial charge is 0.234 e. The van der Waals surface area contributed by atoms with Crippen molar-refractivity contribution in [3.8, 4) is 0 Å². The maximum atomic E-state index is 12.4. The molecule has 1 N–H and O–H groups in total. The van der Waals surface area contributed by atoms with E-state index in [0.29, 0.717) is 19.6 Å². The number of rotatable bonds is 10. The Morgan fingerprint density at radius 3 is 2.48 bits per heavy atom. The first kappa shape index (κ1) is 23.1. The number of nitrogens with one attached hydrogen (secondary N) is 1. The molecule has 0 bridgehead atoms. The molecule has 1 unspecified atom stereocenters. The second-order valence-electron chi connectivity index (χ2n) is 7.57. The molecule has 0 aliphatic rings. The number of aryl methyl sites for hydroxylation is 1. The molecule has 2 aromatic rings. The lowest BCUT2D eigenvalue weighted by atomic mass is 10.2. The summed E-state index contributed by atoms with van der Waals surface area (Å²) in [5, 5.41) is 7.57. The molecule has 1 aromatic heterocycles. The van der Waals surface area contributed by atoms with E-state index in [9.17, 15) is 13.2 Å². The summed E-state index contributed by atoms with van der Waals surface area (Å²) in [4.78, 5) is 14.3. The maximum Gasteiger partial charge on any atom is 0.234 e. The topological polar surface area (TPSA) is 84.3 Å². The monoisotopic (exact) mass is 420 g/mol. The Morgan fingerprint density at radius 1 is 1.24 bits per heavy atom. The zero-order valence-electron chi connectivity index (χ0n) is 18.0. The molecule has 1 aromatic carbocycles. The van der Waals surface area contributed by atoms with E-state index in [-0.39, 0.29) is 24.2 Å². The summed E-state index contributed by atoms with van der Waals surface area (Å²) >= 11 is 0. The normalized spacial score (nSPS) is 12.9. The van der Waals surface area contributed by atoms with E-state index in [1.165, 1.54) is 11.8 Å². The minimum Gasteiger partial charge on any atom is -0.351 e. The number of carbonyl (C=O) groups is 1. The van der Waals surface area contributed by atoms with Gasteiger partial charge in [-0.3, -0.25) is 14.4 Å². The fourth-order valence-electron chi connectivity index (χ4n) is 3.45. The van der Waals surface area contributed by atoms with Gasteiger partial charge in [0.25, 0.3) is 0 Å². The van der Waals surface area contributed by atoms with Crippen LogP contribution in [0.2, 0.25) is 0 Å². The fourth-order valence-corrected chi connectivity index (χ4v) is 4.54. The molecule has 160 valence electrons. The Labute approximate surface area is 174 Å². The number of nitrogens with zero attached hydrogens (tertiary/aromatic N) is 3. The summed E-state index contributed by atoms with van der Waals surface area (Å²) in [5.41, 5.74) is 4.12. The van der Waals surface area contributed by atoms with Crippen molar-refractivity contribution >= 4 is 15.7 Å². The molecule has 1 atom stereocenters. The van der Waals surface area contributed by atoms with Crippen molar-refractivity contribution in [1.29, 1.82) is 0 Å². The Hall–Kier alpha value is -2.19. The average Bonchev–Trinajstić information content (AvgIpc) is 2.90. The minimum absolute atomic E-state index is 0.0403. The Morgan fingerprint density at radius 2 is 1.90 bits per heavy atom. The number of benzene rings is 1. The molecule has 8 heteroatoms. The minimum atomic E-state index is -3.09. The molecule has 2 rings (SSSR count). The molecular formula is C21H32N4O3S. The highest BCUT2D eigenvalue weighted by Gasteiger charge is 2.20. The van der Waals surface area contributed by atoms with Crippen LogP contribution in [0.1, 0.15) is 36.4 Å². The van der Waals surface area contributed by atoms with Gasteiger partial charge in [-0.1, -0.05) is 37.3 Å². The number of likely N-dealkylation sites (N-methyl/N-ethyl adjacent to an activating group) is 1. The summed E-state index contributed by atoms with van der Waals surface area (Å²) in [7, 11) is -3.09. The second kappa shape index (κ2) is 10.0. The van der Waals surface area contributed by atoms with Gasteiger partial charge >= 0.3 is 0 Å². The zero-order valence-corrected chi connectivity index (χ0v) is 18.8. The first-order chi connectivity index (χ1) is 13.6. The van der Waals surface area contributed by atoms with E-state index in [1.807, 2.05) is 55.5 Å². The van der Waals surface area contributed by atoms with Gasteiger partial charge in [-0.15, -0.1) is 0 Å². The van der Waals surface area contributed by atoms with Crippen LogP contribution in [0.15, 0.2) is 30.3 Å². The van der Waals surface area contributed by atoms with E-state index in [1.54, 1.807) is 0 Å². The lowest BCUT2D eigenvalue weighted by Gasteiger charge is -2.26. The third kappa shape index (κ3) is 6.97. The third-order valence-electron chi connectivity index (χ3n) is 5.09. The Balaban J connectivity index is 1.97. The lowest BCUT2D eigenvalue weighted by Crippen LogP contribution is -2.44. The Kier molecular flexibility index (Phi) is 7.98. The van der Waals surface area contributed by atoms with Gasteiger partial charge < -0.3 is 5.32 Å². The van der Waals surface area contributed by atoms with Crippen LogP contribution in [0.3, 0.4) is 0 Å². The van der Waals surface area contributed by atoms with Crippen LogP contribution < -0.4 is 5.32 Å². The molecule has 0 aliphatic carbocycles. The van der Waals surface area contributed by atoms with Crippen LogP contribution >= 0.6 is 0 Å². The second-order valence-corrected chi connectivity index (χ2v) is 9.76. The SMILES string of the molecule is CCN(CC(=O)NCc1c(C)nn(Cc2ccccc2)c1C)C(C)CS(C)(=O)=O. The summed E-state index contributed by atoms with van der Waals surface area (Å²) in [5.74, 6) is -0.0831. The summed E-state index contributed by atoms with van der Waals surface area (Å²) in [6, 6.07) is 9.92. The van der Waals surface area contributed by atoms with Gasteiger partial charge in [0.05, 0.1) is 24.5 Å². The largest absolute Gasteiger partial charge is 0.351 e. The highest BCUT2D eigenvalue weighted by molar-refractivity contribution is 7.90. The zero-order chi connectivity index (χ0) is 21.6. The van der Waals surface area contributed by atoms with Gasteiger partial charge in [-0.2, -0.15) is 5.10 Å². The molecule has 0 radical (unpaired) electrons. The van der Waals surface area contributed by atoms with Gasteiger partial charge in [-0.25, -0.2) is 8.42 Å². The number of hydrogen-bond acceptors (Lipinski definition) is 5. The summed E-state index contributed by atoms with van der Waals surface area (Å²) in [6.45, 7) is 9.59. The highest BCUT2D eigenvalue weighted by atomic mass is 32.2. The van der Waals surface area contributed by atoms with Gasteiger partial charge in [0.1, 0.15) is 9.84 Å². The van der Waals surface area contributed by atoms with Crippen molar-refractivity contribution in [1.82, 2.24) is 20.0 Å². The Bertz CT molecular complexity index is 923. The maximum absolute atomic E-state index is 12.4. The van der Waals surface area contributed by atoms with Gasteiger partial charge in [0.15, 0.2) is 0 Å². The predicted octanol–water partition coefficient (Wildman–Crippen LogP) is 1.92. The van der Waals surface area contributed by atoms with Gasteiger partial charge in [0, 0.05) is 30.1 Å². The number of aromatic nitrogens is 2. The molecule has 0 saturated carbocycles. The molecule has 0 spiro atoms. The lowest BCUT2D eigenvalue weighted by molar-refractivity contribution is -0.122. The fraction of sp³-hybridized carbons (Fsp3) is 0.524. The van der Waals surface area contributed by atoms with Gasteiger partial charge in [-0.05, 0) is 32.9 Å². The first-order valence-electron chi connectivity index (χ1n) is 9.86. The van der Waals surface area contributed by atoms with Gasteiger partial charge in [0.2, 0.25) is 5.91 Å². The molecule has 0 aliphatic heterocycles. The van der Waals surface area contributed by atoms with Crippen molar-refractivity contribution in [3.63, 3.8) is 0 Å². The van der Waals surface area contributed by atoms with Crippen LogP contribution in [-0.2, 0) is 27.7 Å². The van der Waals surface area contributed by atoms with Crippen molar-refractivity contribution in [2.45, 2.75) is 46.8 Å². The molecule has 0 fully saturated rings. The van der Waals surface area contributed by atoms with Crippen LogP contribution in [0, 0.1) is 13.8 Å². The van der Waals surface area contributed by atoms with Crippen molar-refractivity contribution in [2.24, 2.45) is 0 Å². The van der Waals surface area contributed by atoms with Crippen molar-refractivity contribution in [3.05, 3.63) is 52.8 Å². The average molecular weight is 421 g/mol. The molecule has 29 heavy (non-hydrogen) atoms. The van der Waals surface area contributed by atoms with Crippen LogP contribution in [0.4, 0.5) is 0 Å². The van der Waals surface area contributed by atoms with Crippen LogP contribution in [0.25, 0.3) is 0 Å². The van der Waals surface area contributed by atoms with E-state index in [2.05, 4.69) is 22.5 Å². The third-order valence-corrected chi connectivity index (χ3v) is 6.18. The summed E-state index contributed by atoms with van der Waals surface area (Å²) < 4.78 is 25.0. The molecule has 1 amide bonds. The van der Waals surface area contributed by atoms with Crippen molar-refractivity contribution < 1.29 is 13.2 Å². The standard InChI is InChI=1S/C21H32N4O3S/c1-6-24(16(2)15-29(5,27)28)14-21(26)22-12-20-17(3)23-25(18(20)4)13-19-10-8-7-9-11-19/h7-11,16H,6,12-15H2,1-5H3,(H,22,26). The number of amides is 1. The predicted molar refractivity (Wildman–Crippen MR) is 116 cm³/mol. The van der Waals surface area contributed by atoms with E-state index >= 15 is 0 Å².